The highest BCUT2D eigenvalue weighted by Crippen LogP contribution is 2.14. The van der Waals surface area contributed by atoms with Crippen LogP contribution in [0.5, 0.6) is 0 Å². The average Bonchev–Trinajstić information content (AvgIpc) is 2.25. The molecule has 0 spiro atoms. The summed E-state index contributed by atoms with van der Waals surface area (Å²) in [6.45, 7) is 9.70. The molecule has 0 heterocycles. The van der Waals surface area contributed by atoms with Gasteiger partial charge in [0.2, 0.25) is 0 Å². The molecule has 0 aromatic rings. The van der Waals surface area contributed by atoms with Crippen molar-refractivity contribution in [3.05, 3.63) is 0 Å². The first-order valence-electron chi connectivity index (χ1n) is 5.96. The molecule has 0 aliphatic heterocycles. The van der Waals surface area contributed by atoms with E-state index < -0.39 is 0 Å². The van der Waals surface area contributed by atoms with Gasteiger partial charge in [0.05, 0.1) is 6.61 Å². The standard InChI is InChI=1S/C12H28N2O2/c1-12(2,10-13)11-14(7-9-16-4)6-5-8-15-3/h5-11,13H2,1-4H3. The minimum absolute atomic E-state index is 0.167. The third kappa shape index (κ3) is 8.05. The molecule has 0 bridgehead atoms. The third-order valence-corrected chi connectivity index (χ3v) is 2.64. The zero-order valence-corrected chi connectivity index (χ0v) is 11.3. The Kier molecular flexibility index (Phi) is 8.84. The third-order valence-electron chi connectivity index (χ3n) is 2.64. The lowest BCUT2D eigenvalue weighted by Crippen LogP contribution is -2.40. The van der Waals surface area contributed by atoms with E-state index in [0.29, 0.717) is 6.54 Å². The first-order valence-corrected chi connectivity index (χ1v) is 5.96. The molecule has 0 unspecified atom stereocenters. The van der Waals surface area contributed by atoms with Crippen molar-refractivity contribution in [1.29, 1.82) is 0 Å². The summed E-state index contributed by atoms with van der Waals surface area (Å²) in [6.07, 6.45) is 1.06. The van der Waals surface area contributed by atoms with Gasteiger partial charge >= 0.3 is 0 Å². The lowest BCUT2D eigenvalue weighted by Gasteiger charge is -2.31. The van der Waals surface area contributed by atoms with Gasteiger partial charge in [-0.25, -0.2) is 0 Å². The van der Waals surface area contributed by atoms with Crippen LogP contribution in [0.1, 0.15) is 20.3 Å². The van der Waals surface area contributed by atoms with E-state index in [9.17, 15) is 0 Å². The van der Waals surface area contributed by atoms with Crippen molar-refractivity contribution in [2.45, 2.75) is 20.3 Å². The van der Waals surface area contributed by atoms with Crippen LogP contribution in [-0.2, 0) is 9.47 Å². The molecule has 2 N–H and O–H groups in total. The fourth-order valence-corrected chi connectivity index (χ4v) is 1.59. The molecular formula is C12H28N2O2. The van der Waals surface area contributed by atoms with Crippen LogP contribution in [0.15, 0.2) is 0 Å². The second-order valence-electron chi connectivity index (χ2n) is 4.98. The zero-order chi connectivity index (χ0) is 12.4. The number of ether oxygens (including phenoxy) is 2. The lowest BCUT2D eigenvalue weighted by atomic mass is 9.93. The van der Waals surface area contributed by atoms with Crippen molar-refractivity contribution < 1.29 is 9.47 Å². The second kappa shape index (κ2) is 8.93. The Morgan fingerprint density at radius 2 is 1.69 bits per heavy atom. The Balaban J connectivity index is 3.98. The Morgan fingerprint density at radius 3 is 2.19 bits per heavy atom. The zero-order valence-electron chi connectivity index (χ0n) is 11.3. The summed E-state index contributed by atoms with van der Waals surface area (Å²) in [5.41, 5.74) is 5.92. The SMILES string of the molecule is COCCCN(CCOC)CC(C)(C)CN. The summed E-state index contributed by atoms with van der Waals surface area (Å²) in [5, 5.41) is 0. The number of hydrogen-bond acceptors (Lipinski definition) is 4. The van der Waals surface area contributed by atoms with Crippen LogP contribution >= 0.6 is 0 Å². The molecule has 0 amide bonds. The van der Waals surface area contributed by atoms with Gasteiger partial charge in [0, 0.05) is 40.5 Å². The van der Waals surface area contributed by atoms with E-state index in [1.807, 2.05) is 0 Å². The fraction of sp³-hybridized carbons (Fsp3) is 1.00. The van der Waals surface area contributed by atoms with Gasteiger partial charge in [0.15, 0.2) is 0 Å². The van der Waals surface area contributed by atoms with E-state index in [-0.39, 0.29) is 5.41 Å². The van der Waals surface area contributed by atoms with E-state index in [1.54, 1.807) is 14.2 Å². The molecule has 0 aliphatic carbocycles. The molecule has 98 valence electrons. The molecular weight excluding hydrogens is 204 g/mol. The molecule has 0 aromatic heterocycles. The maximum atomic E-state index is 5.76. The van der Waals surface area contributed by atoms with E-state index in [2.05, 4.69) is 18.7 Å². The Morgan fingerprint density at radius 1 is 1.06 bits per heavy atom. The lowest BCUT2D eigenvalue weighted by molar-refractivity contribution is 0.108. The van der Waals surface area contributed by atoms with Crippen molar-refractivity contribution in [3.63, 3.8) is 0 Å². The largest absolute Gasteiger partial charge is 0.385 e. The van der Waals surface area contributed by atoms with Gasteiger partial charge in [0.25, 0.3) is 0 Å². The van der Waals surface area contributed by atoms with Gasteiger partial charge in [-0.3, -0.25) is 0 Å². The summed E-state index contributed by atoms with van der Waals surface area (Å²) >= 11 is 0. The number of methoxy groups -OCH3 is 2. The van der Waals surface area contributed by atoms with Crippen LogP contribution in [0.4, 0.5) is 0 Å². The van der Waals surface area contributed by atoms with Crippen LogP contribution in [0.25, 0.3) is 0 Å². The summed E-state index contributed by atoms with van der Waals surface area (Å²) in [7, 11) is 3.48. The van der Waals surface area contributed by atoms with Gasteiger partial charge in [-0.05, 0) is 18.4 Å². The van der Waals surface area contributed by atoms with E-state index in [1.165, 1.54) is 0 Å². The smallest absolute Gasteiger partial charge is 0.0589 e. The normalized spacial score (nSPS) is 12.4. The Hall–Kier alpha value is -0.160. The van der Waals surface area contributed by atoms with Crippen LogP contribution < -0.4 is 5.73 Å². The molecule has 0 fully saturated rings. The van der Waals surface area contributed by atoms with Crippen molar-refractivity contribution in [1.82, 2.24) is 4.90 Å². The maximum absolute atomic E-state index is 5.76. The van der Waals surface area contributed by atoms with Crippen molar-refractivity contribution in [3.8, 4) is 0 Å². The molecule has 16 heavy (non-hydrogen) atoms. The molecule has 4 nitrogen and oxygen atoms in total. The maximum Gasteiger partial charge on any atom is 0.0589 e. The van der Waals surface area contributed by atoms with E-state index in [0.717, 1.165) is 39.3 Å². The topological polar surface area (TPSA) is 47.7 Å². The fourth-order valence-electron chi connectivity index (χ4n) is 1.59. The highest BCUT2D eigenvalue weighted by molar-refractivity contribution is 4.74. The van der Waals surface area contributed by atoms with Crippen LogP contribution in [0.2, 0.25) is 0 Å². The van der Waals surface area contributed by atoms with Crippen molar-refractivity contribution in [2.24, 2.45) is 11.1 Å². The van der Waals surface area contributed by atoms with Gasteiger partial charge in [-0.2, -0.15) is 0 Å². The quantitative estimate of drug-likeness (QED) is 0.570. The minimum atomic E-state index is 0.167. The Bertz CT molecular complexity index is 163. The van der Waals surface area contributed by atoms with Crippen LogP contribution in [0.3, 0.4) is 0 Å². The van der Waals surface area contributed by atoms with Gasteiger partial charge in [-0.1, -0.05) is 13.8 Å². The first-order chi connectivity index (χ1) is 7.55. The summed E-state index contributed by atoms with van der Waals surface area (Å²) in [5.74, 6) is 0. The number of rotatable bonds is 10. The Labute approximate surface area is 100 Å². The number of nitrogens with two attached hydrogens (primary N) is 1. The van der Waals surface area contributed by atoms with Crippen LogP contribution in [-0.4, -0.2) is 58.5 Å². The molecule has 0 rings (SSSR count). The van der Waals surface area contributed by atoms with Gasteiger partial charge in [-0.15, -0.1) is 0 Å². The molecule has 0 saturated carbocycles. The number of hydrogen-bond donors (Lipinski definition) is 1. The van der Waals surface area contributed by atoms with E-state index in [4.69, 9.17) is 15.2 Å². The highest BCUT2D eigenvalue weighted by Gasteiger charge is 2.19. The second-order valence-corrected chi connectivity index (χ2v) is 4.98. The predicted molar refractivity (Wildman–Crippen MR) is 67.6 cm³/mol. The van der Waals surface area contributed by atoms with Gasteiger partial charge < -0.3 is 20.1 Å². The van der Waals surface area contributed by atoms with Gasteiger partial charge in [0.1, 0.15) is 0 Å². The van der Waals surface area contributed by atoms with Crippen molar-refractivity contribution >= 4 is 0 Å². The molecule has 0 saturated heterocycles. The summed E-state index contributed by atoms with van der Waals surface area (Å²) in [6, 6.07) is 0. The molecule has 0 aromatic carbocycles. The summed E-state index contributed by atoms with van der Waals surface area (Å²) in [4.78, 5) is 2.40. The first kappa shape index (κ1) is 15.8. The minimum Gasteiger partial charge on any atom is -0.385 e. The average molecular weight is 232 g/mol. The molecule has 0 radical (unpaired) electrons. The molecule has 0 aliphatic rings. The summed E-state index contributed by atoms with van der Waals surface area (Å²) < 4.78 is 10.2. The molecule has 0 atom stereocenters. The van der Waals surface area contributed by atoms with Crippen LogP contribution in [0, 0.1) is 5.41 Å². The van der Waals surface area contributed by atoms with Crippen molar-refractivity contribution in [2.75, 3.05) is 53.6 Å². The monoisotopic (exact) mass is 232 g/mol. The highest BCUT2D eigenvalue weighted by atomic mass is 16.5. The number of nitrogens with zero attached hydrogens (tertiary/aromatic N) is 1. The molecule has 4 heteroatoms. The predicted octanol–water partition coefficient (Wildman–Crippen LogP) is 0.956. The van der Waals surface area contributed by atoms with E-state index >= 15 is 0 Å².